The summed E-state index contributed by atoms with van der Waals surface area (Å²) in [6, 6.07) is 0.977. The van der Waals surface area contributed by atoms with Gasteiger partial charge in [0.25, 0.3) is 0 Å². The molecule has 72 valence electrons. The van der Waals surface area contributed by atoms with Crippen molar-refractivity contribution >= 4 is 0 Å². The first-order valence-corrected chi connectivity index (χ1v) is 5.82. The normalized spacial score (nSPS) is 40.3. The Bertz CT molecular complexity index is 201. The standard InChI is InChI=1S/C12H19N/c1-2-5-11-9-13(8-10(11)4-1)12-6-3-7-12/h1-2,10-12H,3-9H2. The van der Waals surface area contributed by atoms with Crippen LogP contribution in [0.2, 0.25) is 0 Å². The average Bonchev–Trinajstić information content (AvgIpc) is 2.43. The second kappa shape index (κ2) is 3.13. The molecule has 3 rings (SSSR count). The zero-order chi connectivity index (χ0) is 8.67. The monoisotopic (exact) mass is 177 g/mol. The summed E-state index contributed by atoms with van der Waals surface area (Å²) < 4.78 is 0. The Morgan fingerprint density at radius 1 is 0.923 bits per heavy atom. The molecule has 13 heavy (non-hydrogen) atoms. The van der Waals surface area contributed by atoms with Crippen molar-refractivity contribution in [2.45, 2.75) is 38.1 Å². The van der Waals surface area contributed by atoms with Gasteiger partial charge in [-0.3, -0.25) is 4.90 Å². The number of hydrogen-bond acceptors (Lipinski definition) is 1. The van der Waals surface area contributed by atoms with E-state index in [2.05, 4.69) is 17.1 Å². The Hall–Kier alpha value is -0.300. The van der Waals surface area contributed by atoms with Crippen molar-refractivity contribution < 1.29 is 0 Å². The molecule has 1 saturated heterocycles. The maximum Gasteiger partial charge on any atom is 0.00955 e. The van der Waals surface area contributed by atoms with E-state index >= 15 is 0 Å². The van der Waals surface area contributed by atoms with Gasteiger partial charge < -0.3 is 0 Å². The third kappa shape index (κ3) is 1.34. The minimum Gasteiger partial charge on any atom is -0.300 e. The summed E-state index contributed by atoms with van der Waals surface area (Å²) in [6.45, 7) is 2.80. The Morgan fingerprint density at radius 2 is 1.54 bits per heavy atom. The molecule has 2 atom stereocenters. The van der Waals surface area contributed by atoms with E-state index in [1.165, 1.54) is 45.2 Å². The Balaban J connectivity index is 1.64. The maximum atomic E-state index is 2.77. The topological polar surface area (TPSA) is 3.24 Å². The smallest absolute Gasteiger partial charge is 0.00955 e. The number of fused-ring (bicyclic) bond motifs is 1. The van der Waals surface area contributed by atoms with Crippen molar-refractivity contribution in [3.63, 3.8) is 0 Å². The summed E-state index contributed by atoms with van der Waals surface area (Å²) in [5.74, 6) is 2.01. The van der Waals surface area contributed by atoms with E-state index in [-0.39, 0.29) is 0 Å². The first-order chi connectivity index (χ1) is 6.43. The molecule has 1 saturated carbocycles. The van der Waals surface area contributed by atoms with E-state index in [0.717, 1.165) is 17.9 Å². The van der Waals surface area contributed by atoms with Gasteiger partial charge in [-0.1, -0.05) is 18.6 Å². The Labute approximate surface area is 80.8 Å². The molecule has 2 aliphatic carbocycles. The molecule has 0 amide bonds. The fourth-order valence-electron chi connectivity index (χ4n) is 3.10. The van der Waals surface area contributed by atoms with Gasteiger partial charge in [0, 0.05) is 19.1 Å². The highest BCUT2D eigenvalue weighted by Crippen LogP contribution is 2.37. The van der Waals surface area contributed by atoms with Gasteiger partial charge in [-0.2, -0.15) is 0 Å². The van der Waals surface area contributed by atoms with Gasteiger partial charge in [-0.25, -0.2) is 0 Å². The van der Waals surface area contributed by atoms with Crippen LogP contribution in [0.4, 0.5) is 0 Å². The molecule has 3 aliphatic rings. The van der Waals surface area contributed by atoms with Gasteiger partial charge in [0.15, 0.2) is 0 Å². The highest BCUT2D eigenvalue weighted by atomic mass is 15.2. The minimum atomic E-state index is 0.977. The van der Waals surface area contributed by atoms with Crippen molar-refractivity contribution in [2.75, 3.05) is 13.1 Å². The molecule has 0 radical (unpaired) electrons. The van der Waals surface area contributed by atoms with E-state index in [9.17, 15) is 0 Å². The molecule has 1 nitrogen and oxygen atoms in total. The largest absolute Gasteiger partial charge is 0.300 e. The number of hydrogen-bond donors (Lipinski definition) is 0. The SMILES string of the molecule is C1=CCC2CN(C3CCC3)CC2C1. The van der Waals surface area contributed by atoms with Gasteiger partial charge >= 0.3 is 0 Å². The third-order valence-corrected chi connectivity index (χ3v) is 4.24. The lowest BCUT2D eigenvalue weighted by molar-refractivity contribution is 0.151. The van der Waals surface area contributed by atoms with Crippen molar-refractivity contribution in [1.29, 1.82) is 0 Å². The molecule has 0 aromatic heterocycles. The molecular formula is C12H19N. The number of likely N-dealkylation sites (tertiary alicyclic amines) is 1. The zero-order valence-electron chi connectivity index (χ0n) is 8.28. The quantitative estimate of drug-likeness (QED) is 0.556. The molecule has 0 aromatic rings. The molecule has 1 heterocycles. The summed E-state index contributed by atoms with van der Waals surface area (Å²) in [4.78, 5) is 2.77. The predicted molar refractivity (Wildman–Crippen MR) is 54.6 cm³/mol. The molecule has 1 aliphatic heterocycles. The van der Waals surface area contributed by atoms with Crippen LogP contribution in [-0.2, 0) is 0 Å². The summed E-state index contributed by atoms with van der Waals surface area (Å²) in [7, 11) is 0. The van der Waals surface area contributed by atoms with Crippen LogP contribution in [0.1, 0.15) is 32.1 Å². The van der Waals surface area contributed by atoms with Gasteiger partial charge in [-0.15, -0.1) is 0 Å². The summed E-state index contributed by atoms with van der Waals surface area (Å²) in [5, 5.41) is 0. The number of nitrogens with zero attached hydrogens (tertiary/aromatic N) is 1. The van der Waals surface area contributed by atoms with E-state index < -0.39 is 0 Å². The summed E-state index contributed by atoms with van der Waals surface area (Å²) in [5.41, 5.74) is 0. The van der Waals surface area contributed by atoms with Gasteiger partial charge in [0.05, 0.1) is 0 Å². The van der Waals surface area contributed by atoms with Crippen LogP contribution >= 0.6 is 0 Å². The third-order valence-electron chi connectivity index (χ3n) is 4.24. The van der Waals surface area contributed by atoms with Gasteiger partial charge in [-0.05, 0) is 37.5 Å². The van der Waals surface area contributed by atoms with Crippen LogP contribution in [0.5, 0.6) is 0 Å². The second-order valence-electron chi connectivity index (χ2n) is 5.00. The fraction of sp³-hybridized carbons (Fsp3) is 0.833. The minimum absolute atomic E-state index is 0.977. The molecule has 0 N–H and O–H groups in total. The molecular weight excluding hydrogens is 158 g/mol. The molecule has 0 bridgehead atoms. The molecule has 0 aromatic carbocycles. The molecule has 0 spiro atoms. The van der Waals surface area contributed by atoms with Gasteiger partial charge in [0.2, 0.25) is 0 Å². The molecule has 2 unspecified atom stereocenters. The van der Waals surface area contributed by atoms with E-state index in [0.29, 0.717) is 0 Å². The van der Waals surface area contributed by atoms with Crippen molar-refractivity contribution in [1.82, 2.24) is 4.90 Å². The Kier molecular flexibility index (Phi) is 1.93. The average molecular weight is 177 g/mol. The highest BCUT2D eigenvalue weighted by molar-refractivity contribution is 5.01. The lowest BCUT2D eigenvalue weighted by Gasteiger charge is -2.34. The summed E-state index contributed by atoms with van der Waals surface area (Å²) in [6.07, 6.45) is 11.9. The van der Waals surface area contributed by atoms with Crippen molar-refractivity contribution in [2.24, 2.45) is 11.8 Å². The molecule has 1 heteroatoms. The van der Waals surface area contributed by atoms with Crippen LogP contribution in [0.3, 0.4) is 0 Å². The number of rotatable bonds is 1. The summed E-state index contributed by atoms with van der Waals surface area (Å²) >= 11 is 0. The van der Waals surface area contributed by atoms with Crippen LogP contribution in [0, 0.1) is 11.8 Å². The predicted octanol–water partition coefficient (Wildman–Crippen LogP) is 2.44. The van der Waals surface area contributed by atoms with E-state index in [1.807, 2.05) is 0 Å². The first kappa shape index (κ1) is 8.05. The second-order valence-corrected chi connectivity index (χ2v) is 5.00. The van der Waals surface area contributed by atoms with Crippen molar-refractivity contribution in [3.8, 4) is 0 Å². The Morgan fingerprint density at radius 3 is 2.00 bits per heavy atom. The van der Waals surface area contributed by atoms with E-state index in [1.54, 1.807) is 0 Å². The van der Waals surface area contributed by atoms with Crippen molar-refractivity contribution in [3.05, 3.63) is 12.2 Å². The highest BCUT2D eigenvalue weighted by Gasteiger charge is 2.37. The van der Waals surface area contributed by atoms with Crippen LogP contribution in [-0.4, -0.2) is 24.0 Å². The van der Waals surface area contributed by atoms with Crippen LogP contribution in [0.15, 0.2) is 12.2 Å². The van der Waals surface area contributed by atoms with Crippen LogP contribution < -0.4 is 0 Å². The maximum absolute atomic E-state index is 2.77. The number of allylic oxidation sites excluding steroid dienone is 2. The lowest BCUT2D eigenvalue weighted by atomic mass is 9.86. The first-order valence-electron chi connectivity index (χ1n) is 5.82. The fourth-order valence-corrected chi connectivity index (χ4v) is 3.10. The lowest BCUT2D eigenvalue weighted by Crippen LogP contribution is -2.38. The van der Waals surface area contributed by atoms with Gasteiger partial charge in [0.1, 0.15) is 0 Å². The molecule has 2 fully saturated rings. The van der Waals surface area contributed by atoms with Crippen LogP contribution in [0.25, 0.3) is 0 Å². The van der Waals surface area contributed by atoms with E-state index in [4.69, 9.17) is 0 Å². The zero-order valence-corrected chi connectivity index (χ0v) is 8.28.